The van der Waals surface area contributed by atoms with Gasteiger partial charge in [0.1, 0.15) is 5.76 Å². The van der Waals surface area contributed by atoms with Crippen LogP contribution < -0.4 is 16.4 Å². The van der Waals surface area contributed by atoms with Crippen molar-refractivity contribution in [2.24, 2.45) is 5.73 Å². The number of hydrogen-bond acceptors (Lipinski definition) is 5. The van der Waals surface area contributed by atoms with Gasteiger partial charge in [-0.05, 0) is 43.3 Å². The van der Waals surface area contributed by atoms with Crippen LogP contribution in [0.3, 0.4) is 0 Å². The highest BCUT2D eigenvalue weighted by Crippen LogP contribution is 2.21. The largest absolute Gasteiger partial charge is 0.441 e. The molecule has 2 amide bonds. The quantitative estimate of drug-likeness (QED) is 0.558. The Morgan fingerprint density at radius 1 is 1.07 bits per heavy atom. The summed E-state index contributed by atoms with van der Waals surface area (Å²) in [5, 5.41) is 5.85. The van der Waals surface area contributed by atoms with Crippen LogP contribution in [0, 0.1) is 6.92 Å². The van der Waals surface area contributed by atoms with E-state index < -0.39 is 5.91 Å². The standard InChI is InChI=1S/C21H22N4O3/c1-14-18(25-21(28-14)16-5-3-2-4-6-16)11-12-23-19(26)13-24-17-9-7-15(8-10-17)20(22)27/h2-10,24H,11-13H2,1H3,(H2,22,27)(H,23,26). The number of nitrogens with zero attached hydrogens (tertiary/aromatic N) is 1. The molecule has 0 saturated heterocycles. The molecule has 0 saturated carbocycles. The van der Waals surface area contributed by atoms with Crippen molar-refractivity contribution in [1.29, 1.82) is 0 Å². The molecule has 4 N–H and O–H groups in total. The van der Waals surface area contributed by atoms with Crippen LogP contribution in [0.4, 0.5) is 5.69 Å². The first-order valence-electron chi connectivity index (χ1n) is 8.95. The molecule has 1 aromatic heterocycles. The molecule has 0 atom stereocenters. The SMILES string of the molecule is Cc1oc(-c2ccccc2)nc1CCNC(=O)CNc1ccc(C(N)=O)cc1. The lowest BCUT2D eigenvalue weighted by atomic mass is 10.2. The number of amides is 2. The van der Waals surface area contributed by atoms with Crippen molar-refractivity contribution < 1.29 is 14.0 Å². The van der Waals surface area contributed by atoms with Gasteiger partial charge in [0.05, 0.1) is 12.2 Å². The monoisotopic (exact) mass is 378 g/mol. The summed E-state index contributed by atoms with van der Waals surface area (Å²) >= 11 is 0. The van der Waals surface area contributed by atoms with E-state index >= 15 is 0 Å². The average molecular weight is 378 g/mol. The van der Waals surface area contributed by atoms with Gasteiger partial charge in [-0.2, -0.15) is 0 Å². The number of anilines is 1. The van der Waals surface area contributed by atoms with Gasteiger partial charge in [0.15, 0.2) is 0 Å². The van der Waals surface area contributed by atoms with E-state index in [1.54, 1.807) is 24.3 Å². The van der Waals surface area contributed by atoms with Crippen LogP contribution in [0.25, 0.3) is 11.5 Å². The molecule has 0 aliphatic rings. The van der Waals surface area contributed by atoms with Crippen LogP contribution in [-0.2, 0) is 11.2 Å². The number of carbonyl (C=O) groups excluding carboxylic acids is 2. The fraction of sp³-hybridized carbons (Fsp3) is 0.190. The van der Waals surface area contributed by atoms with Crippen LogP contribution in [0.5, 0.6) is 0 Å². The minimum absolute atomic E-state index is 0.128. The zero-order valence-corrected chi connectivity index (χ0v) is 15.6. The molecule has 0 radical (unpaired) electrons. The highest BCUT2D eigenvalue weighted by atomic mass is 16.4. The summed E-state index contributed by atoms with van der Waals surface area (Å²) in [7, 11) is 0. The second kappa shape index (κ2) is 8.85. The van der Waals surface area contributed by atoms with Crippen molar-refractivity contribution in [2.45, 2.75) is 13.3 Å². The molecule has 144 valence electrons. The van der Waals surface area contributed by atoms with E-state index in [1.165, 1.54) is 0 Å². The molecule has 7 nitrogen and oxygen atoms in total. The highest BCUT2D eigenvalue weighted by Gasteiger charge is 2.11. The zero-order chi connectivity index (χ0) is 19.9. The summed E-state index contributed by atoms with van der Waals surface area (Å²) in [6, 6.07) is 16.3. The Labute approximate surface area is 163 Å². The lowest BCUT2D eigenvalue weighted by Gasteiger charge is -2.07. The minimum Gasteiger partial charge on any atom is -0.441 e. The molecule has 3 aromatic rings. The summed E-state index contributed by atoms with van der Waals surface area (Å²) < 4.78 is 5.72. The van der Waals surface area contributed by atoms with Gasteiger partial charge in [-0.3, -0.25) is 9.59 Å². The van der Waals surface area contributed by atoms with Gasteiger partial charge < -0.3 is 20.8 Å². The Hall–Kier alpha value is -3.61. The Kier molecular flexibility index (Phi) is 6.06. The number of rotatable bonds is 8. The van der Waals surface area contributed by atoms with Crippen molar-refractivity contribution in [3.8, 4) is 11.5 Å². The number of benzene rings is 2. The molecular weight excluding hydrogens is 356 g/mol. The third-order valence-electron chi connectivity index (χ3n) is 4.22. The van der Waals surface area contributed by atoms with Crippen LogP contribution >= 0.6 is 0 Å². The second-order valence-electron chi connectivity index (χ2n) is 6.28. The molecule has 0 aliphatic carbocycles. The van der Waals surface area contributed by atoms with E-state index in [-0.39, 0.29) is 12.5 Å². The van der Waals surface area contributed by atoms with Crippen molar-refractivity contribution >= 4 is 17.5 Å². The normalized spacial score (nSPS) is 10.5. The summed E-state index contributed by atoms with van der Waals surface area (Å²) in [6.07, 6.45) is 0.585. The number of aromatic nitrogens is 1. The second-order valence-corrected chi connectivity index (χ2v) is 6.28. The predicted octanol–water partition coefficient (Wildman–Crippen LogP) is 2.52. The molecule has 0 bridgehead atoms. The third-order valence-corrected chi connectivity index (χ3v) is 4.22. The van der Waals surface area contributed by atoms with Crippen LogP contribution in [0.2, 0.25) is 0 Å². The first-order valence-corrected chi connectivity index (χ1v) is 8.95. The van der Waals surface area contributed by atoms with Gasteiger partial charge in [-0.1, -0.05) is 18.2 Å². The fourth-order valence-electron chi connectivity index (χ4n) is 2.68. The molecule has 0 unspecified atom stereocenters. The lowest BCUT2D eigenvalue weighted by molar-refractivity contribution is -0.119. The fourth-order valence-corrected chi connectivity index (χ4v) is 2.68. The predicted molar refractivity (Wildman–Crippen MR) is 107 cm³/mol. The maximum Gasteiger partial charge on any atom is 0.248 e. The molecular formula is C21H22N4O3. The number of hydrogen-bond donors (Lipinski definition) is 3. The Morgan fingerprint density at radius 3 is 2.46 bits per heavy atom. The first kappa shape index (κ1) is 19.2. The van der Waals surface area contributed by atoms with E-state index in [9.17, 15) is 9.59 Å². The van der Waals surface area contributed by atoms with Gasteiger partial charge in [0.25, 0.3) is 0 Å². The van der Waals surface area contributed by atoms with E-state index in [0.29, 0.717) is 24.4 Å². The number of primary amides is 1. The number of oxazole rings is 1. The number of aryl methyl sites for hydroxylation is 1. The van der Waals surface area contributed by atoms with Gasteiger partial charge >= 0.3 is 0 Å². The van der Waals surface area contributed by atoms with Crippen LogP contribution in [0.15, 0.2) is 59.0 Å². The molecule has 0 aliphatic heterocycles. The van der Waals surface area contributed by atoms with Crippen molar-refractivity contribution in [1.82, 2.24) is 10.3 Å². The molecule has 0 fully saturated rings. The van der Waals surface area contributed by atoms with Gasteiger partial charge in [0, 0.05) is 29.8 Å². The third kappa shape index (κ3) is 4.97. The van der Waals surface area contributed by atoms with Crippen LogP contribution in [0.1, 0.15) is 21.8 Å². The molecule has 28 heavy (non-hydrogen) atoms. The zero-order valence-electron chi connectivity index (χ0n) is 15.6. The molecule has 2 aromatic carbocycles. The van der Waals surface area contributed by atoms with Crippen molar-refractivity contribution in [3.05, 3.63) is 71.6 Å². The number of nitrogens with one attached hydrogen (secondary N) is 2. The summed E-state index contributed by atoms with van der Waals surface area (Å²) in [4.78, 5) is 27.6. The van der Waals surface area contributed by atoms with Gasteiger partial charge in [-0.15, -0.1) is 0 Å². The lowest BCUT2D eigenvalue weighted by Crippen LogP contribution is -2.31. The molecule has 3 rings (SSSR count). The van der Waals surface area contributed by atoms with E-state index in [1.807, 2.05) is 37.3 Å². The maximum atomic E-state index is 12.0. The smallest absolute Gasteiger partial charge is 0.248 e. The van der Waals surface area contributed by atoms with Crippen molar-refractivity contribution in [2.75, 3.05) is 18.4 Å². The molecule has 7 heteroatoms. The van der Waals surface area contributed by atoms with Gasteiger partial charge in [0.2, 0.25) is 17.7 Å². The van der Waals surface area contributed by atoms with E-state index in [2.05, 4.69) is 15.6 Å². The molecule has 0 spiro atoms. The minimum atomic E-state index is -0.483. The number of carbonyl (C=O) groups is 2. The summed E-state index contributed by atoms with van der Waals surface area (Å²) in [5.41, 5.74) is 8.11. The van der Waals surface area contributed by atoms with Crippen LogP contribution in [-0.4, -0.2) is 29.9 Å². The maximum absolute atomic E-state index is 12.0. The summed E-state index contributed by atoms with van der Waals surface area (Å²) in [6.45, 7) is 2.46. The first-order chi connectivity index (χ1) is 13.5. The van der Waals surface area contributed by atoms with Crippen molar-refractivity contribution in [3.63, 3.8) is 0 Å². The highest BCUT2D eigenvalue weighted by molar-refractivity contribution is 5.93. The number of nitrogens with two attached hydrogens (primary N) is 1. The Morgan fingerprint density at radius 2 is 1.79 bits per heavy atom. The topological polar surface area (TPSA) is 110 Å². The molecule has 1 heterocycles. The van der Waals surface area contributed by atoms with E-state index in [4.69, 9.17) is 10.2 Å². The van der Waals surface area contributed by atoms with E-state index in [0.717, 1.165) is 22.7 Å². The Balaban J connectivity index is 1.45. The average Bonchev–Trinajstić information content (AvgIpc) is 3.08. The Bertz CT molecular complexity index is 950. The van der Waals surface area contributed by atoms with Gasteiger partial charge in [-0.25, -0.2) is 4.98 Å². The summed E-state index contributed by atoms with van der Waals surface area (Å²) in [5.74, 6) is 0.715.